The Bertz CT molecular complexity index is 682. The number of anilines is 2. The summed E-state index contributed by atoms with van der Waals surface area (Å²) in [6, 6.07) is 4.73. The Hall–Kier alpha value is -2.50. The normalized spacial score (nSPS) is 15.0. The molecule has 0 bridgehead atoms. The van der Waals surface area contributed by atoms with E-state index in [-0.39, 0.29) is 11.4 Å². The highest BCUT2D eigenvalue weighted by Crippen LogP contribution is 2.33. The van der Waals surface area contributed by atoms with E-state index in [9.17, 15) is 9.18 Å². The highest BCUT2D eigenvalue weighted by atomic mass is 19.1. The van der Waals surface area contributed by atoms with Gasteiger partial charge in [0.1, 0.15) is 17.2 Å². The number of aromatic nitrogens is 2. The van der Waals surface area contributed by atoms with E-state index >= 15 is 0 Å². The number of halogens is 1. The minimum Gasteiger partial charge on any atom is -0.478 e. The molecule has 0 aromatic carbocycles. The Balaban J connectivity index is 1.80. The Kier molecular flexibility index (Phi) is 4.00. The summed E-state index contributed by atoms with van der Waals surface area (Å²) < 4.78 is 13.1. The number of nitrogens with zero attached hydrogens (tertiary/aromatic N) is 2. The molecule has 1 aliphatic carbocycles. The van der Waals surface area contributed by atoms with Gasteiger partial charge < -0.3 is 10.4 Å². The molecule has 0 aliphatic heterocycles. The zero-order valence-corrected chi connectivity index (χ0v) is 11.9. The summed E-state index contributed by atoms with van der Waals surface area (Å²) in [7, 11) is 0. The summed E-state index contributed by atoms with van der Waals surface area (Å²) in [4.78, 5) is 19.4. The van der Waals surface area contributed by atoms with Crippen molar-refractivity contribution in [3.63, 3.8) is 0 Å². The summed E-state index contributed by atoms with van der Waals surface area (Å²) in [6.45, 7) is 0. The molecule has 3 rings (SSSR count). The van der Waals surface area contributed by atoms with Crippen LogP contribution in [0.25, 0.3) is 0 Å². The van der Waals surface area contributed by atoms with E-state index < -0.39 is 11.8 Å². The van der Waals surface area contributed by atoms with Gasteiger partial charge in [0.2, 0.25) is 0 Å². The Morgan fingerprint density at radius 2 is 2.00 bits per heavy atom. The molecule has 1 saturated carbocycles. The van der Waals surface area contributed by atoms with E-state index in [4.69, 9.17) is 5.11 Å². The van der Waals surface area contributed by atoms with E-state index in [1.54, 1.807) is 6.20 Å². The second-order valence-electron chi connectivity index (χ2n) is 5.43. The summed E-state index contributed by atoms with van der Waals surface area (Å²) in [5.74, 6) is -1.29. The molecule has 22 heavy (non-hydrogen) atoms. The van der Waals surface area contributed by atoms with Crippen molar-refractivity contribution < 1.29 is 14.3 Å². The predicted molar refractivity (Wildman–Crippen MR) is 79.9 cm³/mol. The first-order valence-corrected chi connectivity index (χ1v) is 7.25. The van der Waals surface area contributed by atoms with E-state index in [1.165, 1.54) is 25.7 Å². The molecule has 2 aromatic heterocycles. The van der Waals surface area contributed by atoms with Gasteiger partial charge in [0.05, 0.1) is 18.1 Å². The standard InChI is InChI=1S/C16H16FN3O2/c17-11-7-13(16(21)22)15(19-8-11)20-12-5-6-14(18-9-12)10-3-1-2-4-10/h5-10H,1-4H2,(H,19,20)(H,21,22). The first kappa shape index (κ1) is 14.4. The SMILES string of the molecule is O=C(O)c1cc(F)cnc1Nc1ccc(C2CCCC2)nc1. The van der Waals surface area contributed by atoms with Gasteiger partial charge in [0, 0.05) is 11.6 Å². The molecule has 2 heterocycles. The second-order valence-corrected chi connectivity index (χ2v) is 5.43. The van der Waals surface area contributed by atoms with Gasteiger partial charge in [-0.2, -0.15) is 0 Å². The summed E-state index contributed by atoms with van der Waals surface area (Å²) in [5, 5.41) is 12.0. The fourth-order valence-electron chi connectivity index (χ4n) is 2.78. The van der Waals surface area contributed by atoms with Crippen LogP contribution in [0.4, 0.5) is 15.9 Å². The minimum atomic E-state index is -1.23. The summed E-state index contributed by atoms with van der Waals surface area (Å²) in [6.07, 6.45) is 7.46. The van der Waals surface area contributed by atoms with Crippen LogP contribution in [0.2, 0.25) is 0 Å². The molecule has 0 atom stereocenters. The van der Waals surface area contributed by atoms with E-state index in [1.807, 2.05) is 12.1 Å². The Labute approximate surface area is 127 Å². The van der Waals surface area contributed by atoms with Gasteiger partial charge in [-0.3, -0.25) is 4.98 Å². The third kappa shape index (κ3) is 3.05. The topological polar surface area (TPSA) is 75.1 Å². The maximum absolute atomic E-state index is 13.1. The molecular weight excluding hydrogens is 285 g/mol. The molecule has 0 radical (unpaired) electrons. The fraction of sp³-hybridized carbons (Fsp3) is 0.312. The molecule has 5 nitrogen and oxygen atoms in total. The van der Waals surface area contributed by atoms with Crippen molar-refractivity contribution >= 4 is 17.5 Å². The maximum atomic E-state index is 13.1. The van der Waals surface area contributed by atoms with Crippen molar-refractivity contribution in [2.24, 2.45) is 0 Å². The van der Waals surface area contributed by atoms with Crippen LogP contribution in [0, 0.1) is 5.82 Å². The number of nitrogens with one attached hydrogen (secondary N) is 1. The lowest BCUT2D eigenvalue weighted by Gasteiger charge is -2.11. The molecule has 6 heteroatoms. The zero-order valence-electron chi connectivity index (χ0n) is 11.9. The van der Waals surface area contributed by atoms with E-state index in [0.717, 1.165) is 18.0 Å². The quantitative estimate of drug-likeness (QED) is 0.900. The van der Waals surface area contributed by atoms with Gasteiger partial charge in [0.15, 0.2) is 0 Å². The van der Waals surface area contributed by atoms with Crippen LogP contribution in [0.15, 0.2) is 30.6 Å². The van der Waals surface area contributed by atoms with E-state index in [0.29, 0.717) is 11.6 Å². The molecule has 2 N–H and O–H groups in total. The largest absolute Gasteiger partial charge is 0.478 e. The lowest BCUT2D eigenvalue weighted by atomic mass is 10.0. The Morgan fingerprint density at radius 3 is 2.64 bits per heavy atom. The fourth-order valence-corrected chi connectivity index (χ4v) is 2.78. The van der Waals surface area contributed by atoms with Crippen molar-refractivity contribution in [2.75, 3.05) is 5.32 Å². The van der Waals surface area contributed by atoms with Crippen LogP contribution in [-0.2, 0) is 0 Å². The average Bonchev–Trinajstić information content (AvgIpc) is 3.04. The third-order valence-electron chi connectivity index (χ3n) is 3.91. The smallest absolute Gasteiger partial charge is 0.339 e. The molecule has 0 spiro atoms. The van der Waals surface area contributed by atoms with Crippen LogP contribution < -0.4 is 5.32 Å². The molecular formula is C16H16FN3O2. The highest BCUT2D eigenvalue weighted by Gasteiger charge is 2.18. The van der Waals surface area contributed by atoms with Gasteiger partial charge in [-0.05, 0) is 31.0 Å². The molecule has 0 saturated heterocycles. The average molecular weight is 301 g/mol. The lowest BCUT2D eigenvalue weighted by Crippen LogP contribution is -2.06. The highest BCUT2D eigenvalue weighted by molar-refractivity contribution is 5.93. The third-order valence-corrected chi connectivity index (χ3v) is 3.91. The van der Waals surface area contributed by atoms with Crippen molar-refractivity contribution in [1.29, 1.82) is 0 Å². The van der Waals surface area contributed by atoms with Crippen molar-refractivity contribution in [2.45, 2.75) is 31.6 Å². The number of hydrogen-bond acceptors (Lipinski definition) is 4. The number of rotatable bonds is 4. The molecule has 1 aliphatic rings. The van der Waals surface area contributed by atoms with Crippen molar-refractivity contribution in [3.8, 4) is 0 Å². The number of aromatic carboxylic acids is 1. The second kappa shape index (κ2) is 6.09. The molecule has 2 aromatic rings. The van der Waals surface area contributed by atoms with Crippen LogP contribution in [0.3, 0.4) is 0 Å². The van der Waals surface area contributed by atoms with Gasteiger partial charge in [-0.1, -0.05) is 12.8 Å². The number of carboxylic acids is 1. The van der Waals surface area contributed by atoms with Crippen molar-refractivity contribution in [1.82, 2.24) is 9.97 Å². The van der Waals surface area contributed by atoms with Crippen LogP contribution in [-0.4, -0.2) is 21.0 Å². The Morgan fingerprint density at radius 1 is 1.23 bits per heavy atom. The summed E-state index contributed by atoms with van der Waals surface area (Å²) >= 11 is 0. The van der Waals surface area contributed by atoms with Crippen molar-refractivity contribution in [3.05, 3.63) is 47.7 Å². The van der Waals surface area contributed by atoms with Gasteiger partial charge >= 0.3 is 5.97 Å². The molecule has 0 unspecified atom stereocenters. The van der Waals surface area contributed by atoms with Crippen LogP contribution in [0.5, 0.6) is 0 Å². The first-order valence-electron chi connectivity index (χ1n) is 7.25. The zero-order chi connectivity index (χ0) is 15.5. The first-order chi connectivity index (χ1) is 10.6. The summed E-state index contributed by atoms with van der Waals surface area (Å²) in [5.41, 5.74) is 1.48. The van der Waals surface area contributed by atoms with Crippen LogP contribution >= 0.6 is 0 Å². The predicted octanol–water partition coefficient (Wildman–Crippen LogP) is 3.72. The van der Waals surface area contributed by atoms with E-state index in [2.05, 4.69) is 15.3 Å². The molecule has 114 valence electrons. The monoisotopic (exact) mass is 301 g/mol. The van der Waals surface area contributed by atoms with Gasteiger partial charge in [0.25, 0.3) is 0 Å². The molecule has 1 fully saturated rings. The minimum absolute atomic E-state index is 0.101. The number of carboxylic acid groups (broad SMARTS) is 1. The van der Waals surface area contributed by atoms with Gasteiger partial charge in [-0.15, -0.1) is 0 Å². The number of hydrogen-bond donors (Lipinski definition) is 2. The van der Waals surface area contributed by atoms with Crippen LogP contribution in [0.1, 0.15) is 47.7 Å². The van der Waals surface area contributed by atoms with Gasteiger partial charge in [-0.25, -0.2) is 14.2 Å². The molecule has 0 amide bonds. The lowest BCUT2D eigenvalue weighted by molar-refractivity contribution is 0.0697. The number of pyridine rings is 2. The number of carbonyl (C=O) groups is 1. The maximum Gasteiger partial charge on any atom is 0.339 e.